The number of phenolic OH excluding ortho intramolecular Hbond substituents is 2. The Bertz CT molecular complexity index is 286. The van der Waals surface area contributed by atoms with Gasteiger partial charge in [0.15, 0.2) is 11.5 Å². The smallest absolute Gasteiger partial charge is 0.162 e. The van der Waals surface area contributed by atoms with Gasteiger partial charge in [0.05, 0.1) is 0 Å². The molecule has 0 aliphatic rings. The van der Waals surface area contributed by atoms with Crippen LogP contribution in [-0.2, 0) is 6.42 Å². The highest BCUT2D eigenvalue weighted by Crippen LogP contribution is 2.33. The van der Waals surface area contributed by atoms with Crippen LogP contribution in [-0.4, -0.2) is 21.9 Å². The molecule has 0 atom stereocenters. The molecular formula is C8H9ClO3. The highest BCUT2D eigenvalue weighted by atomic mass is 35.5. The quantitative estimate of drug-likeness (QED) is 0.613. The average Bonchev–Trinajstić information content (AvgIpc) is 2.06. The zero-order valence-electron chi connectivity index (χ0n) is 6.29. The largest absolute Gasteiger partial charge is 0.504 e. The van der Waals surface area contributed by atoms with Gasteiger partial charge in [0.2, 0.25) is 0 Å². The summed E-state index contributed by atoms with van der Waals surface area (Å²) in [7, 11) is 0. The lowest BCUT2D eigenvalue weighted by Crippen LogP contribution is -1.92. The number of aliphatic hydroxyl groups is 1. The van der Waals surface area contributed by atoms with Crippen LogP contribution < -0.4 is 0 Å². The van der Waals surface area contributed by atoms with Gasteiger partial charge in [-0.15, -0.1) is 0 Å². The summed E-state index contributed by atoms with van der Waals surface area (Å²) in [5.74, 6) is -0.473. The van der Waals surface area contributed by atoms with Crippen molar-refractivity contribution in [3.8, 4) is 11.5 Å². The molecule has 0 bridgehead atoms. The summed E-state index contributed by atoms with van der Waals surface area (Å²) in [6.45, 7) is -0.114. The molecule has 1 aromatic rings. The van der Waals surface area contributed by atoms with Crippen LogP contribution in [0.25, 0.3) is 0 Å². The predicted octanol–water partition coefficient (Wildman–Crippen LogP) is 1.29. The molecule has 0 aromatic heterocycles. The van der Waals surface area contributed by atoms with Crippen molar-refractivity contribution in [2.45, 2.75) is 6.42 Å². The second-order valence-electron chi connectivity index (χ2n) is 2.37. The van der Waals surface area contributed by atoms with Gasteiger partial charge in [-0.3, -0.25) is 0 Å². The standard InChI is InChI=1S/C8H9ClO3/c9-6-1-2-7(11)8(12)5(6)3-4-10/h1-2,10-12H,3-4H2. The minimum absolute atomic E-state index is 0.114. The van der Waals surface area contributed by atoms with Crippen LogP contribution in [0.2, 0.25) is 5.02 Å². The summed E-state index contributed by atoms with van der Waals surface area (Å²) in [5.41, 5.74) is 0.374. The average molecular weight is 189 g/mol. The van der Waals surface area contributed by atoms with Gasteiger partial charge < -0.3 is 15.3 Å². The highest BCUT2D eigenvalue weighted by molar-refractivity contribution is 6.31. The lowest BCUT2D eigenvalue weighted by Gasteiger charge is -2.06. The van der Waals surface area contributed by atoms with Crippen LogP contribution in [0.15, 0.2) is 12.1 Å². The van der Waals surface area contributed by atoms with Crippen LogP contribution in [0.5, 0.6) is 11.5 Å². The van der Waals surface area contributed by atoms with Crippen molar-refractivity contribution < 1.29 is 15.3 Å². The summed E-state index contributed by atoms with van der Waals surface area (Å²) in [4.78, 5) is 0. The van der Waals surface area contributed by atoms with Crippen LogP contribution in [0.4, 0.5) is 0 Å². The van der Waals surface area contributed by atoms with Gasteiger partial charge in [0.1, 0.15) is 0 Å². The fourth-order valence-electron chi connectivity index (χ4n) is 0.949. The molecule has 0 spiro atoms. The third-order valence-electron chi connectivity index (χ3n) is 1.57. The molecule has 66 valence electrons. The van der Waals surface area contributed by atoms with Crippen LogP contribution in [0.3, 0.4) is 0 Å². The molecule has 12 heavy (non-hydrogen) atoms. The van der Waals surface area contributed by atoms with Crippen molar-refractivity contribution in [1.82, 2.24) is 0 Å². The van der Waals surface area contributed by atoms with E-state index in [9.17, 15) is 5.11 Å². The number of aliphatic hydroxyl groups excluding tert-OH is 1. The van der Waals surface area contributed by atoms with E-state index in [0.717, 1.165) is 0 Å². The van der Waals surface area contributed by atoms with E-state index in [0.29, 0.717) is 10.6 Å². The number of rotatable bonds is 2. The van der Waals surface area contributed by atoms with E-state index in [1.54, 1.807) is 0 Å². The molecule has 0 aliphatic carbocycles. The van der Waals surface area contributed by atoms with E-state index in [1.165, 1.54) is 12.1 Å². The Labute approximate surface area is 74.8 Å². The number of benzene rings is 1. The van der Waals surface area contributed by atoms with Gasteiger partial charge in [0.25, 0.3) is 0 Å². The number of hydrogen-bond acceptors (Lipinski definition) is 3. The summed E-state index contributed by atoms with van der Waals surface area (Å²) >= 11 is 5.70. The number of hydrogen-bond donors (Lipinski definition) is 3. The number of aromatic hydroxyl groups is 2. The molecule has 4 heteroatoms. The summed E-state index contributed by atoms with van der Waals surface area (Å²) in [6.07, 6.45) is 0.235. The molecule has 0 heterocycles. The first-order valence-electron chi connectivity index (χ1n) is 3.47. The highest BCUT2D eigenvalue weighted by Gasteiger charge is 2.09. The van der Waals surface area contributed by atoms with Gasteiger partial charge >= 0.3 is 0 Å². The van der Waals surface area contributed by atoms with Crippen molar-refractivity contribution in [1.29, 1.82) is 0 Å². The Morgan fingerprint density at radius 1 is 1.25 bits per heavy atom. The normalized spacial score (nSPS) is 10.2. The lowest BCUT2D eigenvalue weighted by atomic mass is 10.1. The SMILES string of the molecule is OCCc1c(Cl)ccc(O)c1O. The predicted molar refractivity (Wildman–Crippen MR) is 45.6 cm³/mol. The van der Waals surface area contributed by atoms with E-state index in [4.69, 9.17) is 21.8 Å². The monoisotopic (exact) mass is 188 g/mol. The molecule has 0 unspecified atom stereocenters. The fourth-order valence-corrected chi connectivity index (χ4v) is 1.20. The third-order valence-corrected chi connectivity index (χ3v) is 1.92. The number of halogens is 1. The van der Waals surface area contributed by atoms with E-state index in [2.05, 4.69) is 0 Å². The first-order chi connectivity index (χ1) is 5.66. The Kier molecular flexibility index (Phi) is 2.78. The van der Waals surface area contributed by atoms with Gasteiger partial charge in [-0.05, 0) is 12.1 Å². The van der Waals surface area contributed by atoms with E-state index < -0.39 is 0 Å². The molecule has 1 aromatic carbocycles. The molecule has 3 N–H and O–H groups in total. The second-order valence-corrected chi connectivity index (χ2v) is 2.77. The Balaban J connectivity index is 3.14. The maximum atomic E-state index is 9.26. The second kappa shape index (κ2) is 3.65. The lowest BCUT2D eigenvalue weighted by molar-refractivity contribution is 0.296. The van der Waals surface area contributed by atoms with Crippen LogP contribution >= 0.6 is 11.6 Å². The third kappa shape index (κ3) is 1.62. The van der Waals surface area contributed by atoms with Gasteiger partial charge in [0, 0.05) is 23.6 Å². The van der Waals surface area contributed by atoms with E-state index >= 15 is 0 Å². The Hall–Kier alpha value is -0.930. The molecule has 3 nitrogen and oxygen atoms in total. The van der Waals surface area contributed by atoms with Crippen LogP contribution in [0, 0.1) is 0 Å². The van der Waals surface area contributed by atoms with Crippen molar-refractivity contribution >= 4 is 11.6 Å². The molecule has 1 rings (SSSR count). The van der Waals surface area contributed by atoms with E-state index in [-0.39, 0.29) is 24.5 Å². The first-order valence-corrected chi connectivity index (χ1v) is 3.84. The molecule has 0 fully saturated rings. The molecular weight excluding hydrogens is 180 g/mol. The molecule has 0 radical (unpaired) electrons. The molecule has 0 aliphatic heterocycles. The van der Waals surface area contributed by atoms with Crippen molar-refractivity contribution in [2.75, 3.05) is 6.61 Å². The Morgan fingerprint density at radius 3 is 2.50 bits per heavy atom. The minimum atomic E-state index is -0.253. The summed E-state index contributed by atoms with van der Waals surface area (Å²) < 4.78 is 0. The van der Waals surface area contributed by atoms with Gasteiger partial charge in [-0.1, -0.05) is 11.6 Å². The molecule has 0 amide bonds. The maximum Gasteiger partial charge on any atom is 0.162 e. The fraction of sp³-hybridized carbons (Fsp3) is 0.250. The van der Waals surface area contributed by atoms with Crippen molar-refractivity contribution in [3.05, 3.63) is 22.7 Å². The van der Waals surface area contributed by atoms with E-state index in [1.807, 2.05) is 0 Å². The van der Waals surface area contributed by atoms with Gasteiger partial charge in [-0.2, -0.15) is 0 Å². The topological polar surface area (TPSA) is 60.7 Å². The summed E-state index contributed by atoms with van der Waals surface area (Å²) in [6, 6.07) is 2.78. The summed E-state index contributed by atoms with van der Waals surface area (Å²) in [5, 5.41) is 27.3. The molecule has 0 saturated carbocycles. The zero-order chi connectivity index (χ0) is 9.14. The number of phenols is 2. The molecule has 0 saturated heterocycles. The first kappa shape index (κ1) is 9.16. The Morgan fingerprint density at radius 2 is 1.92 bits per heavy atom. The zero-order valence-corrected chi connectivity index (χ0v) is 7.04. The van der Waals surface area contributed by atoms with Gasteiger partial charge in [-0.25, -0.2) is 0 Å². The van der Waals surface area contributed by atoms with Crippen molar-refractivity contribution in [3.63, 3.8) is 0 Å². The van der Waals surface area contributed by atoms with Crippen LogP contribution in [0.1, 0.15) is 5.56 Å². The minimum Gasteiger partial charge on any atom is -0.504 e. The maximum absolute atomic E-state index is 9.26. The van der Waals surface area contributed by atoms with Crippen molar-refractivity contribution in [2.24, 2.45) is 0 Å².